The Bertz CT molecular complexity index is 284. The minimum atomic E-state index is 0.395. The van der Waals surface area contributed by atoms with E-state index in [2.05, 4.69) is 23.9 Å². The first-order valence-electron chi connectivity index (χ1n) is 4.14. The number of hydrogen-bond donors (Lipinski definition) is 0. The molecule has 0 N–H and O–H groups in total. The Morgan fingerprint density at radius 3 is 2.75 bits per heavy atom. The van der Waals surface area contributed by atoms with Gasteiger partial charge in [-0.05, 0) is 26.8 Å². The Labute approximate surface area is 73.1 Å². The largest absolute Gasteiger partial charge is 0.291 e. The minimum Gasteiger partial charge on any atom is -0.291 e. The molecule has 0 aromatic carbocycles. The summed E-state index contributed by atoms with van der Waals surface area (Å²) < 4.78 is 1.97. The van der Waals surface area contributed by atoms with Crippen LogP contribution in [0.3, 0.4) is 0 Å². The SMILES string of the molecule is CN=C(C)c1ccnn1C(C)C. The van der Waals surface area contributed by atoms with Crippen molar-refractivity contribution < 1.29 is 0 Å². The summed E-state index contributed by atoms with van der Waals surface area (Å²) >= 11 is 0. The molecule has 0 amide bonds. The smallest absolute Gasteiger partial charge is 0.0820 e. The molecule has 0 aliphatic heterocycles. The molecule has 1 aromatic rings. The van der Waals surface area contributed by atoms with Crippen LogP contribution in [-0.4, -0.2) is 22.5 Å². The second-order valence-corrected chi connectivity index (χ2v) is 3.06. The highest BCUT2D eigenvalue weighted by Gasteiger charge is 2.06. The fourth-order valence-corrected chi connectivity index (χ4v) is 1.13. The standard InChI is InChI=1S/C9H15N3/c1-7(2)12-9(5-6-11-12)8(3)10-4/h5-7H,1-4H3. The van der Waals surface area contributed by atoms with Crippen molar-refractivity contribution in [3.63, 3.8) is 0 Å². The molecule has 12 heavy (non-hydrogen) atoms. The lowest BCUT2D eigenvalue weighted by Gasteiger charge is -2.09. The third kappa shape index (κ3) is 1.55. The Morgan fingerprint density at radius 1 is 1.58 bits per heavy atom. The zero-order valence-corrected chi connectivity index (χ0v) is 8.07. The highest BCUT2D eigenvalue weighted by atomic mass is 15.3. The maximum Gasteiger partial charge on any atom is 0.0820 e. The Kier molecular flexibility index (Phi) is 2.63. The van der Waals surface area contributed by atoms with Crippen molar-refractivity contribution in [3.8, 4) is 0 Å². The number of nitrogens with zero attached hydrogens (tertiary/aromatic N) is 3. The molecule has 0 saturated heterocycles. The van der Waals surface area contributed by atoms with Crippen LogP contribution in [0.15, 0.2) is 17.3 Å². The van der Waals surface area contributed by atoms with E-state index in [4.69, 9.17) is 0 Å². The van der Waals surface area contributed by atoms with E-state index in [1.807, 2.05) is 23.9 Å². The molecule has 0 unspecified atom stereocenters. The van der Waals surface area contributed by atoms with Crippen LogP contribution < -0.4 is 0 Å². The molecular weight excluding hydrogens is 150 g/mol. The van der Waals surface area contributed by atoms with Crippen LogP contribution in [0, 0.1) is 0 Å². The molecule has 0 bridgehead atoms. The van der Waals surface area contributed by atoms with Gasteiger partial charge in [-0.2, -0.15) is 5.10 Å². The summed E-state index contributed by atoms with van der Waals surface area (Å²) in [7, 11) is 1.80. The highest BCUT2D eigenvalue weighted by Crippen LogP contribution is 2.08. The quantitative estimate of drug-likeness (QED) is 0.615. The van der Waals surface area contributed by atoms with Crippen LogP contribution in [-0.2, 0) is 0 Å². The summed E-state index contributed by atoms with van der Waals surface area (Å²) in [5.74, 6) is 0. The van der Waals surface area contributed by atoms with Crippen LogP contribution in [0.4, 0.5) is 0 Å². The van der Waals surface area contributed by atoms with Gasteiger partial charge in [0.1, 0.15) is 0 Å². The van der Waals surface area contributed by atoms with Crippen LogP contribution in [0.2, 0.25) is 0 Å². The van der Waals surface area contributed by atoms with Crippen LogP contribution in [0.5, 0.6) is 0 Å². The maximum atomic E-state index is 4.22. The Hall–Kier alpha value is -1.12. The average Bonchev–Trinajstić information content (AvgIpc) is 2.50. The third-order valence-corrected chi connectivity index (χ3v) is 1.87. The second kappa shape index (κ2) is 3.52. The van der Waals surface area contributed by atoms with Gasteiger partial charge in [0.05, 0.1) is 11.4 Å². The molecule has 3 nitrogen and oxygen atoms in total. The molecule has 1 heterocycles. The number of hydrogen-bond acceptors (Lipinski definition) is 2. The minimum absolute atomic E-state index is 0.395. The van der Waals surface area contributed by atoms with Crippen molar-refractivity contribution in [2.24, 2.45) is 4.99 Å². The average molecular weight is 165 g/mol. The van der Waals surface area contributed by atoms with Crippen molar-refractivity contribution in [1.29, 1.82) is 0 Å². The zero-order chi connectivity index (χ0) is 9.14. The molecular formula is C9H15N3. The molecule has 0 atom stereocenters. The van der Waals surface area contributed by atoms with Gasteiger partial charge in [-0.3, -0.25) is 9.67 Å². The lowest BCUT2D eigenvalue weighted by Crippen LogP contribution is -2.10. The molecule has 66 valence electrons. The van der Waals surface area contributed by atoms with E-state index < -0.39 is 0 Å². The zero-order valence-electron chi connectivity index (χ0n) is 8.07. The molecule has 0 aliphatic rings. The number of aliphatic imine (C=N–C) groups is 1. The topological polar surface area (TPSA) is 30.2 Å². The second-order valence-electron chi connectivity index (χ2n) is 3.06. The highest BCUT2D eigenvalue weighted by molar-refractivity contribution is 5.97. The van der Waals surface area contributed by atoms with E-state index in [1.165, 1.54) is 0 Å². The lowest BCUT2D eigenvalue weighted by atomic mass is 10.3. The van der Waals surface area contributed by atoms with Gasteiger partial charge in [0.2, 0.25) is 0 Å². The van der Waals surface area contributed by atoms with E-state index >= 15 is 0 Å². The van der Waals surface area contributed by atoms with E-state index in [-0.39, 0.29) is 0 Å². The van der Waals surface area contributed by atoms with E-state index in [1.54, 1.807) is 7.05 Å². The van der Waals surface area contributed by atoms with Crippen LogP contribution in [0.1, 0.15) is 32.5 Å². The first-order chi connectivity index (χ1) is 5.66. The summed E-state index contributed by atoms with van der Waals surface area (Å²) in [6, 6.07) is 2.38. The number of aromatic nitrogens is 2. The summed E-state index contributed by atoms with van der Waals surface area (Å²) in [6.45, 7) is 6.22. The van der Waals surface area contributed by atoms with Gasteiger partial charge in [0, 0.05) is 19.3 Å². The van der Waals surface area contributed by atoms with Gasteiger partial charge in [0.25, 0.3) is 0 Å². The van der Waals surface area contributed by atoms with Gasteiger partial charge in [-0.15, -0.1) is 0 Å². The normalized spacial score (nSPS) is 12.6. The van der Waals surface area contributed by atoms with E-state index in [9.17, 15) is 0 Å². The fraction of sp³-hybridized carbons (Fsp3) is 0.556. The van der Waals surface area contributed by atoms with Crippen LogP contribution in [0.25, 0.3) is 0 Å². The van der Waals surface area contributed by atoms with Gasteiger partial charge in [-0.1, -0.05) is 0 Å². The maximum absolute atomic E-state index is 4.22. The van der Waals surface area contributed by atoms with Crippen molar-refractivity contribution in [3.05, 3.63) is 18.0 Å². The van der Waals surface area contributed by atoms with Gasteiger partial charge in [-0.25, -0.2) is 0 Å². The molecule has 0 radical (unpaired) electrons. The van der Waals surface area contributed by atoms with Crippen molar-refractivity contribution in [2.75, 3.05) is 7.05 Å². The molecule has 1 rings (SSSR count). The van der Waals surface area contributed by atoms with Gasteiger partial charge < -0.3 is 0 Å². The first-order valence-corrected chi connectivity index (χ1v) is 4.14. The summed E-state index contributed by atoms with van der Waals surface area (Å²) in [6.07, 6.45) is 1.81. The first kappa shape index (κ1) is 8.97. The van der Waals surface area contributed by atoms with Crippen molar-refractivity contribution >= 4 is 5.71 Å². The molecule has 0 aliphatic carbocycles. The van der Waals surface area contributed by atoms with Gasteiger partial charge in [0.15, 0.2) is 0 Å². The van der Waals surface area contributed by atoms with Crippen LogP contribution >= 0.6 is 0 Å². The van der Waals surface area contributed by atoms with Crippen molar-refractivity contribution in [1.82, 2.24) is 9.78 Å². The van der Waals surface area contributed by atoms with E-state index in [0.29, 0.717) is 6.04 Å². The Morgan fingerprint density at radius 2 is 2.25 bits per heavy atom. The monoisotopic (exact) mass is 165 g/mol. The summed E-state index contributed by atoms with van der Waals surface area (Å²) in [4.78, 5) is 4.13. The van der Waals surface area contributed by atoms with Crippen molar-refractivity contribution in [2.45, 2.75) is 26.8 Å². The molecule has 0 spiro atoms. The molecule has 1 aromatic heterocycles. The third-order valence-electron chi connectivity index (χ3n) is 1.87. The summed E-state index contributed by atoms with van der Waals surface area (Å²) in [5.41, 5.74) is 2.13. The predicted octanol–water partition coefficient (Wildman–Crippen LogP) is 1.90. The number of rotatable bonds is 2. The summed E-state index contributed by atoms with van der Waals surface area (Å²) in [5, 5.41) is 4.22. The van der Waals surface area contributed by atoms with E-state index in [0.717, 1.165) is 11.4 Å². The molecule has 0 saturated carbocycles. The fourth-order valence-electron chi connectivity index (χ4n) is 1.13. The molecule has 3 heteroatoms. The lowest BCUT2D eigenvalue weighted by molar-refractivity contribution is 0.528. The molecule has 0 fully saturated rings. The van der Waals surface area contributed by atoms with Gasteiger partial charge >= 0.3 is 0 Å². The predicted molar refractivity (Wildman–Crippen MR) is 50.7 cm³/mol. The Balaban J connectivity index is 3.07.